The van der Waals surface area contributed by atoms with Crippen LogP contribution in [0.25, 0.3) is 0 Å². The first-order valence-electron chi connectivity index (χ1n) is 8.74. The smallest absolute Gasteiger partial charge is 0.261 e. The average Bonchev–Trinajstić information content (AvgIpc) is 2.67. The number of ether oxygens (including phenoxy) is 1. The fourth-order valence-electron chi connectivity index (χ4n) is 2.59. The molecule has 27 heavy (non-hydrogen) atoms. The summed E-state index contributed by atoms with van der Waals surface area (Å²) < 4.78 is 5.20. The third-order valence-electron chi connectivity index (χ3n) is 4.15. The van der Waals surface area contributed by atoms with Gasteiger partial charge in [0, 0.05) is 17.3 Å². The van der Waals surface area contributed by atoms with Crippen molar-refractivity contribution in [3.8, 4) is 5.75 Å². The SMILES string of the molecule is CCN(CC)Cc1ccc(NC(=S)NC(=O)c2cc(Cl)ccc2OC)cc1. The second kappa shape index (κ2) is 10.3. The zero-order valence-corrected chi connectivity index (χ0v) is 17.3. The highest BCUT2D eigenvalue weighted by Gasteiger charge is 2.14. The number of hydrogen-bond donors (Lipinski definition) is 2. The summed E-state index contributed by atoms with van der Waals surface area (Å²) in [5, 5.41) is 6.32. The molecule has 2 aromatic rings. The molecule has 0 unspecified atom stereocenters. The molecular weight excluding hydrogens is 382 g/mol. The third kappa shape index (κ3) is 6.20. The van der Waals surface area contributed by atoms with Crippen molar-refractivity contribution in [3.05, 3.63) is 58.6 Å². The molecule has 0 aromatic heterocycles. The van der Waals surface area contributed by atoms with Gasteiger partial charge in [-0.2, -0.15) is 0 Å². The van der Waals surface area contributed by atoms with Crippen molar-refractivity contribution in [3.63, 3.8) is 0 Å². The summed E-state index contributed by atoms with van der Waals surface area (Å²) in [4.78, 5) is 14.8. The van der Waals surface area contributed by atoms with Gasteiger partial charge in [0.15, 0.2) is 5.11 Å². The lowest BCUT2D eigenvalue weighted by Crippen LogP contribution is -2.34. The van der Waals surface area contributed by atoms with E-state index in [0.29, 0.717) is 16.3 Å². The number of nitrogens with zero attached hydrogens (tertiary/aromatic N) is 1. The first kappa shape index (κ1) is 21.2. The lowest BCUT2D eigenvalue weighted by Gasteiger charge is -2.18. The highest BCUT2D eigenvalue weighted by Crippen LogP contribution is 2.22. The van der Waals surface area contributed by atoms with Crippen LogP contribution in [0.15, 0.2) is 42.5 Å². The number of carbonyl (C=O) groups is 1. The first-order chi connectivity index (χ1) is 13.0. The molecule has 0 aliphatic heterocycles. The molecular formula is C20H24ClN3O2S. The molecule has 2 N–H and O–H groups in total. The Labute approximate surface area is 170 Å². The number of amides is 1. The minimum Gasteiger partial charge on any atom is -0.496 e. The van der Waals surface area contributed by atoms with E-state index in [2.05, 4.69) is 29.4 Å². The van der Waals surface area contributed by atoms with E-state index in [0.717, 1.165) is 25.3 Å². The van der Waals surface area contributed by atoms with Crippen molar-refractivity contribution in [2.24, 2.45) is 0 Å². The molecule has 144 valence electrons. The van der Waals surface area contributed by atoms with Gasteiger partial charge >= 0.3 is 0 Å². The number of rotatable bonds is 7. The van der Waals surface area contributed by atoms with Crippen LogP contribution in [0.3, 0.4) is 0 Å². The Morgan fingerprint density at radius 1 is 1.15 bits per heavy atom. The van der Waals surface area contributed by atoms with Gasteiger partial charge in [0.1, 0.15) is 5.75 Å². The maximum absolute atomic E-state index is 12.4. The van der Waals surface area contributed by atoms with E-state index in [1.807, 2.05) is 24.3 Å². The van der Waals surface area contributed by atoms with Crippen molar-refractivity contribution in [1.29, 1.82) is 0 Å². The lowest BCUT2D eigenvalue weighted by atomic mass is 10.2. The van der Waals surface area contributed by atoms with Crippen LogP contribution in [0.4, 0.5) is 5.69 Å². The van der Waals surface area contributed by atoms with Crippen LogP contribution >= 0.6 is 23.8 Å². The van der Waals surface area contributed by atoms with Gasteiger partial charge in [-0.3, -0.25) is 15.0 Å². The second-order valence-corrected chi connectivity index (χ2v) is 6.76. The maximum atomic E-state index is 12.4. The van der Waals surface area contributed by atoms with Gasteiger partial charge in [-0.15, -0.1) is 0 Å². The quantitative estimate of drug-likeness (QED) is 0.672. The number of methoxy groups -OCH3 is 1. The monoisotopic (exact) mass is 405 g/mol. The van der Waals surface area contributed by atoms with Crippen molar-refractivity contribution in [2.75, 3.05) is 25.5 Å². The zero-order valence-electron chi connectivity index (χ0n) is 15.7. The van der Waals surface area contributed by atoms with Crippen LogP contribution in [0.1, 0.15) is 29.8 Å². The van der Waals surface area contributed by atoms with E-state index in [9.17, 15) is 4.79 Å². The summed E-state index contributed by atoms with van der Waals surface area (Å²) in [5.41, 5.74) is 2.35. The normalized spacial score (nSPS) is 10.6. The molecule has 0 aliphatic carbocycles. The Morgan fingerprint density at radius 2 is 1.81 bits per heavy atom. The predicted octanol–water partition coefficient (Wildman–Crippen LogP) is 4.32. The molecule has 2 aromatic carbocycles. The Balaban J connectivity index is 1.97. The number of halogens is 1. The van der Waals surface area contributed by atoms with E-state index in [4.69, 9.17) is 28.6 Å². The van der Waals surface area contributed by atoms with E-state index in [-0.39, 0.29) is 11.0 Å². The summed E-state index contributed by atoms with van der Waals surface area (Å²) in [5.74, 6) is 0.0467. The molecule has 7 heteroatoms. The Kier molecular flexibility index (Phi) is 8.03. The van der Waals surface area contributed by atoms with Gasteiger partial charge in [-0.25, -0.2) is 0 Å². The molecule has 1 amide bonds. The number of hydrogen-bond acceptors (Lipinski definition) is 4. The van der Waals surface area contributed by atoms with Gasteiger partial charge in [0.05, 0.1) is 12.7 Å². The molecule has 0 radical (unpaired) electrons. The standard InChI is InChI=1S/C20H24ClN3O2S/c1-4-24(5-2)13-14-6-9-16(10-7-14)22-20(27)23-19(25)17-12-15(21)8-11-18(17)26-3/h6-12H,4-5,13H2,1-3H3,(H2,22,23,25,27). The Morgan fingerprint density at radius 3 is 2.41 bits per heavy atom. The van der Waals surface area contributed by atoms with Crippen LogP contribution < -0.4 is 15.4 Å². The fourth-order valence-corrected chi connectivity index (χ4v) is 2.97. The minimum absolute atomic E-state index is 0.207. The van der Waals surface area contributed by atoms with Crippen molar-refractivity contribution >= 4 is 40.5 Å². The van der Waals surface area contributed by atoms with Gasteiger partial charge in [-0.1, -0.05) is 37.6 Å². The van der Waals surface area contributed by atoms with E-state index in [1.54, 1.807) is 18.2 Å². The van der Waals surface area contributed by atoms with Crippen LogP contribution in [-0.4, -0.2) is 36.1 Å². The predicted molar refractivity (Wildman–Crippen MR) is 115 cm³/mol. The number of nitrogens with one attached hydrogen (secondary N) is 2. The van der Waals surface area contributed by atoms with Gasteiger partial charge < -0.3 is 10.1 Å². The van der Waals surface area contributed by atoms with Crippen molar-refractivity contribution < 1.29 is 9.53 Å². The fraction of sp³-hybridized carbons (Fsp3) is 0.300. The topological polar surface area (TPSA) is 53.6 Å². The molecule has 0 fully saturated rings. The number of anilines is 1. The molecule has 0 heterocycles. The molecule has 0 bridgehead atoms. The van der Waals surface area contributed by atoms with Crippen molar-refractivity contribution in [2.45, 2.75) is 20.4 Å². The van der Waals surface area contributed by atoms with Crippen LogP contribution in [0.5, 0.6) is 5.75 Å². The minimum atomic E-state index is -0.384. The first-order valence-corrected chi connectivity index (χ1v) is 9.52. The summed E-state index contributed by atoms with van der Waals surface area (Å²) >= 11 is 11.2. The third-order valence-corrected chi connectivity index (χ3v) is 4.58. The van der Waals surface area contributed by atoms with E-state index >= 15 is 0 Å². The highest BCUT2D eigenvalue weighted by molar-refractivity contribution is 7.80. The van der Waals surface area contributed by atoms with Gasteiger partial charge in [0.2, 0.25) is 0 Å². The number of benzene rings is 2. The van der Waals surface area contributed by atoms with Crippen LogP contribution in [0.2, 0.25) is 5.02 Å². The summed E-state index contributed by atoms with van der Waals surface area (Å²) in [7, 11) is 1.50. The van der Waals surface area contributed by atoms with Gasteiger partial charge in [0.25, 0.3) is 5.91 Å². The van der Waals surface area contributed by atoms with Crippen LogP contribution in [0, 0.1) is 0 Å². The maximum Gasteiger partial charge on any atom is 0.261 e. The lowest BCUT2D eigenvalue weighted by molar-refractivity contribution is 0.0975. The molecule has 0 saturated heterocycles. The van der Waals surface area contributed by atoms with Crippen molar-refractivity contribution in [1.82, 2.24) is 10.2 Å². The molecule has 5 nitrogen and oxygen atoms in total. The highest BCUT2D eigenvalue weighted by atomic mass is 35.5. The second-order valence-electron chi connectivity index (χ2n) is 5.91. The Bertz CT molecular complexity index is 792. The van der Waals surface area contributed by atoms with Crippen LogP contribution in [-0.2, 0) is 6.54 Å². The average molecular weight is 406 g/mol. The summed E-state index contributed by atoms with van der Waals surface area (Å²) in [6.07, 6.45) is 0. The largest absolute Gasteiger partial charge is 0.496 e. The molecule has 0 atom stereocenters. The summed E-state index contributed by atoms with van der Waals surface area (Å²) in [6.45, 7) is 7.23. The van der Waals surface area contributed by atoms with E-state index in [1.165, 1.54) is 12.7 Å². The number of carbonyl (C=O) groups excluding carboxylic acids is 1. The Hall–Kier alpha value is -2.15. The van der Waals surface area contributed by atoms with Gasteiger partial charge in [-0.05, 0) is 61.2 Å². The molecule has 0 aliphatic rings. The molecule has 0 saturated carbocycles. The molecule has 0 spiro atoms. The summed E-state index contributed by atoms with van der Waals surface area (Å²) in [6, 6.07) is 12.8. The molecule has 2 rings (SSSR count). The zero-order chi connectivity index (χ0) is 19.8. The van der Waals surface area contributed by atoms with E-state index < -0.39 is 0 Å². The number of thiocarbonyl (C=S) groups is 1.